The van der Waals surface area contributed by atoms with Crippen molar-refractivity contribution in [3.05, 3.63) is 159 Å². The third-order valence-corrected chi connectivity index (χ3v) is 6.73. The number of imidazole rings is 2. The summed E-state index contributed by atoms with van der Waals surface area (Å²) in [5.74, 6) is 0. The summed E-state index contributed by atoms with van der Waals surface area (Å²) in [6, 6.07) is 46.3. The molecule has 0 spiro atoms. The summed E-state index contributed by atoms with van der Waals surface area (Å²) < 4.78 is 8.04. The van der Waals surface area contributed by atoms with Crippen LogP contribution in [-0.4, -0.2) is 19.2 Å². The van der Waals surface area contributed by atoms with Gasteiger partial charge in [0.2, 0.25) is 12.7 Å². The number of aromatic nitrogens is 7. The van der Waals surface area contributed by atoms with E-state index in [9.17, 15) is 0 Å². The minimum Gasteiger partial charge on any atom is -0.574 e. The molecular formula is C36H28IrN7-3. The Kier molecular flexibility index (Phi) is 9.87. The monoisotopic (exact) mass is 751 g/mol. The molecule has 8 heteroatoms. The number of hydrogen-bond donors (Lipinski definition) is 0. The molecular weight excluding hydrogens is 723 g/mol. The predicted molar refractivity (Wildman–Crippen MR) is 165 cm³/mol. The van der Waals surface area contributed by atoms with Crippen LogP contribution in [0.1, 0.15) is 0 Å². The second kappa shape index (κ2) is 14.3. The third-order valence-electron chi connectivity index (χ3n) is 6.73. The van der Waals surface area contributed by atoms with Crippen LogP contribution in [0.2, 0.25) is 0 Å². The van der Waals surface area contributed by atoms with E-state index in [0.29, 0.717) is 0 Å². The van der Waals surface area contributed by atoms with E-state index in [2.05, 4.69) is 64.2 Å². The molecule has 0 atom stereocenters. The second-order valence-electron chi connectivity index (χ2n) is 9.59. The normalized spacial score (nSPS) is 10.3. The number of pyridine rings is 1. The minimum atomic E-state index is 0. The Balaban J connectivity index is 0.000000132. The molecule has 0 saturated heterocycles. The molecule has 1 radical (unpaired) electrons. The molecule has 0 amide bonds. The maximum Gasteiger partial charge on any atom is 0.242 e. The third kappa shape index (κ3) is 6.73. The molecule has 4 heterocycles. The maximum absolute atomic E-state index is 4.12. The van der Waals surface area contributed by atoms with Gasteiger partial charge in [-0.15, -0.1) is 0 Å². The number of aryl methyl sites for hydroxylation is 2. The van der Waals surface area contributed by atoms with Crippen molar-refractivity contribution in [2.45, 2.75) is 0 Å². The SMILES string of the molecule is C[n+]1[c-]n(-c2[c-]cccc2)c2ccccc21.C[n+]1[c-]n(-c2[c-]cccc2)c2ccccc21.[Ir].c1ccc(-c2ccn[n-]2)nc1. The molecule has 8 aromatic rings. The molecule has 0 aliphatic carbocycles. The maximum atomic E-state index is 4.12. The fourth-order valence-corrected chi connectivity index (χ4v) is 4.69. The fraction of sp³-hybridized carbons (Fsp3) is 0.0556. The van der Waals surface area contributed by atoms with Crippen molar-refractivity contribution < 1.29 is 29.2 Å². The van der Waals surface area contributed by atoms with Gasteiger partial charge in [0.25, 0.3) is 0 Å². The Bertz CT molecular complexity index is 1920. The van der Waals surface area contributed by atoms with Crippen LogP contribution in [0.5, 0.6) is 0 Å². The Morgan fingerprint density at radius 3 is 1.57 bits per heavy atom. The van der Waals surface area contributed by atoms with Gasteiger partial charge < -0.3 is 28.5 Å². The molecule has 7 nitrogen and oxygen atoms in total. The van der Waals surface area contributed by atoms with E-state index in [1.165, 1.54) is 11.0 Å². The van der Waals surface area contributed by atoms with Crippen molar-refractivity contribution in [3.8, 4) is 22.8 Å². The van der Waals surface area contributed by atoms with Gasteiger partial charge in [-0.3, -0.25) is 4.98 Å². The smallest absolute Gasteiger partial charge is 0.242 e. The molecule has 8 rings (SSSR count). The van der Waals surface area contributed by atoms with Gasteiger partial charge in [-0.25, -0.2) is 0 Å². The van der Waals surface area contributed by atoms with Crippen LogP contribution in [0.15, 0.2) is 134 Å². The van der Waals surface area contributed by atoms with E-state index in [1.54, 1.807) is 12.4 Å². The molecule has 219 valence electrons. The van der Waals surface area contributed by atoms with Crippen LogP contribution in [0.25, 0.3) is 44.8 Å². The minimum absolute atomic E-state index is 0. The average molecular weight is 751 g/mol. The molecule has 0 aliphatic rings. The Labute approximate surface area is 270 Å². The summed E-state index contributed by atoms with van der Waals surface area (Å²) in [6.45, 7) is 0. The van der Waals surface area contributed by atoms with Crippen LogP contribution < -0.4 is 14.2 Å². The zero-order chi connectivity index (χ0) is 29.4. The Hall–Kier alpha value is -5.17. The van der Waals surface area contributed by atoms with Crippen LogP contribution in [-0.2, 0) is 34.2 Å². The van der Waals surface area contributed by atoms with Crippen molar-refractivity contribution in [2.24, 2.45) is 14.1 Å². The zero-order valence-corrected chi connectivity index (χ0v) is 26.6. The van der Waals surface area contributed by atoms with E-state index in [1.807, 2.05) is 129 Å². The van der Waals surface area contributed by atoms with Crippen LogP contribution >= 0.6 is 0 Å². The molecule has 0 fully saturated rings. The Morgan fingerprint density at radius 2 is 1.11 bits per heavy atom. The van der Waals surface area contributed by atoms with Crippen molar-refractivity contribution in [1.29, 1.82) is 0 Å². The molecule has 4 aromatic heterocycles. The molecule has 44 heavy (non-hydrogen) atoms. The number of para-hydroxylation sites is 6. The predicted octanol–water partition coefficient (Wildman–Crippen LogP) is 5.21. The number of rotatable bonds is 3. The summed E-state index contributed by atoms with van der Waals surface area (Å²) in [5, 5.41) is 7.58. The quantitative estimate of drug-likeness (QED) is 0.184. The van der Waals surface area contributed by atoms with Gasteiger partial charge in [-0.1, -0.05) is 77.7 Å². The first kappa shape index (κ1) is 30.3. The summed E-state index contributed by atoms with van der Waals surface area (Å²) in [5.41, 5.74) is 8.34. The van der Waals surface area contributed by atoms with Crippen molar-refractivity contribution in [2.75, 3.05) is 0 Å². The first-order chi connectivity index (χ1) is 21.2. The van der Waals surface area contributed by atoms with Gasteiger partial charge in [-0.2, -0.15) is 60.7 Å². The largest absolute Gasteiger partial charge is 0.574 e. The van der Waals surface area contributed by atoms with Crippen molar-refractivity contribution >= 4 is 22.1 Å². The number of hydrogen-bond acceptors (Lipinski definition) is 2. The summed E-state index contributed by atoms with van der Waals surface area (Å²) in [4.78, 5) is 4.12. The molecule has 0 bridgehead atoms. The van der Waals surface area contributed by atoms with Gasteiger partial charge in [-0.05, 0) is 12.1 Å². The first-order valence-electron chi connectivity index (χ1n) is 13.8. The standard InChI is InChI=1S/2C14H11N2.C8H6N3.Ir/c2*1-15-11-16(12-7-3-2-4-8-12)14-10-6-5-9-13(14)15;1-2-5-9-7(3-1)8-4-6-10-11-8;/h2*2-7,9-10H,1H3;1-6H;/q3*-1;. The van der Waals surface area contributed by atoms with E-state index in [4.69, 9.17) is 0 Å². The van der Waals surface area contributed by atoms with Crippen molar-refractivity contribution in [3.63, 3.8) is 0 Å². The molecule has 0 aliphatic heterocycles. The second-order valence-corrected chi connectivity index (χ2v) is 9.59. The first-order valence-corrected chi connectivity index (χ1v) is 13.8. The molecule has 0 unspecified atom stereocenters. The molecule has 4 aromatic carbocycles. The molecule has 0 N–H and O–H groups in total. The average Bonchev–Trinajstić information content (AvgIpc) is 3.82. The number of benzene rings is 4. The summed E-state index contributed by atoms with van der Waals surface area (Å²) in [7, 11) is 4.00. The van der Waals surface area contributed by atoms with Crippen LogP contribution in [0.4, 0.5) is 0 Å². The van der Waals surface area contributed by atoms with Gasteiger partial charge in [0.15, 0.2) is 0 Å². The summed E-state index contributed by atoms with van der Waals surface area (Å²) in [6.07, 6.45) is 9.94. The fourth-order valence-electron chi connectivity index (χ4n) is 4.69. The van der Waals surface area contributed by atoms with Crippen LogP contribution in [0, 0.1) is 24.8 Å². The number of nitrogens with zero attached hydrogens (tertiary/aromatic N) is 7. The van der Waals surface area contributed by atoms with E-state index in [0.717, 1.165) is 33.8 Å². The van der Waals surface area contributed by atoms with Crippen molar-refractivity contribution in [1.82, 2.24) is 24.3 Å². The van der Waals surface area contributed by atoms with Gasteiger partial charge in [0.05, 0.1) is 36.2 Å². The van der Waals surface area contributed by atoms with Crippen LogP contribution in [0.3, 0.4) is 0 Å². The Morgan fingerprint density at radius 1 is 0.591 bits per heavy atom. The number of fused-ring (bicyclic) bond motifs is 2. The van der Waals surface area contributed by atoms with E-state index >= 15 is 0 Å². The van der Waals surface area contributed by atoms with E-state index in [-0.39, 0.29) is 20.1 Å². The van der Waals surface area contributed by atoms with E-state index < -0.39 is 0 Å². The summed E-state index contributed by atoms with van der Waals surface area (Å²) >= 11 is 0. The molecule has 0 saturated carbocycles. The van der Waals surface area contributed by atoms with Gasteiger partial charge in [0, 0.05) is 38.2 Å². The van der Waals surface area contributed by atoms with Gasteiger partial charge >= 0.3 is 0 Å². The zero-order valence-electron chi connectivity index (χ0n) is 24.2. The topological polar surface area (TPSA) is 57.5 Å². The van der Waals surface area contributed by atoms with Gasteiger partial charge in [0.1, 0.15) is 0 Å².